The van der Waals surface area contributed by atoms with Crippen LogP contribution in [-0.2, 0) is 0 Å². The van der Waals surface area contributed by atoms with E-state index in [2.05, 4.69) is 13.8 Å². The zero-order chi connectivity index (χ0) is 16.2. The Morgan fingerprint density at radius 1 is 0.870 bits per heavy atom. The highest BCUT2D eigenvalue weighted by molar-refractivity contribution is 5.09. The van der Waals surface area contributed by atoms with Crippen molar-refractivity contribution in [3.63, 3.8) is 0 Å². The molecule has 8 unspecified atom stereocenters. The summed E-state index contributed by atoms with van der Waals surface area (Å²) < 4.78 is 0. The molecule has 2 nitrogen and oxygen atoms in total. The molecule has 4 aliphatic rings. The molecule has 8 atom stereocenters. The maximum absolute atomic E-state index is 10.5. The lowest BCUT2D eigenvalue weighted by atomic mass is 9.45. The van der Waals surface area contributed by atoms with Crippen LogP contribution < -0.4 is 0 Å². The molecule has 0 aromatic rings. The smallest absolute Gasteiger partial charge is 0.0596 e. The van der Waals surface area contributed by atoms with Crippen molar-refractivity contribution in [1.29, 1.82) is 0 Å². The number of fused-ring (bicyclic) bond motifs is 5. The highest BCUT2D eigenvalue weighted by Gasteiger charge is 2.59. The van der Waals surface area contributed by atoms with Crippen LogP contribution in [0.2, 0.25) is 0 Å². The third-order valence-electron chi connectivity index (χ3n) is 8.92. The zero-order valence-corrected chi connectivity index (χ0v) is 15.1. The molecule has 0 saturated heterocycles. The van der Waals surface area contributed by atoms with Gasteiger partial charge in [-0.05, 0) is 98.7 Å². The van der Waals surface area contributed by atoms with Crippen LogP contribution in [0, 0.1) is 34.5 Å². The minimum absolute atomic E-state index is 0.0449. The quantitative estimate of drug-likeness (QED) is 0.784. The number of hydrogen-bond donors (Lipinski definition) is 2. The summed E-state index contributed by atoms with van der Waals surface area (Å²) in [5.41, 5.74) is 0.651. The second-order valence-electron chi connectivity index (χ2n) is 9.76. The van der Waals surface area contributed by atoms with Crippen LogP contribution in [0.15, 0.2) is 0 Å². The molecule has 23 heavy (non-hydrogen) atoms. The zero-order valence-electron chi connectivity index (χ0n) is 15.1. The average Bonchev–Trinajstić information content (AvgIpc) is 2.82. The van der Waals surface area contributed by atoms with E-state index in [1.54, 1.807) is 0 Å². The van der Waals surface area contributed by atoms with E-state index in [1.807, 2.05) is 0 Å². The lowest BCUT2D eigenvalue weighted by molar-refractivity contribution is -0.131. The Labute approximate surface area is 142 Å². The molecular formula is C21H36O2. The van der Waals surface area contributed by atoms with E-state index in [0.29, 0.717) is 5.41 Å². The van der Waals surface area contributed by atoms with E-state index in [-0.39, 0.29) is 17.6 Å². The summed E-state index contributed by atoms with van der Waals surface area (Å²) in [6.45, 7) is 4.70. The molecule has 0 aromatic heterocycles. The normalized spacial score (nSPS) is 55.8. The summed E-state index contributed by atoms with van der Waals surface area (Å²) in [4.78, 5) is 0. The second kappa shape index (κ2) is 5.73. The summed E-state index contributed by atoms with van der Waals surface area (Å²) in [5, 5.41) is 20.9. The Bertz CT molecular complexity index is 449. The van der Waals surface area contributed by atoms with Gasteiger partial charge in [0, 0.05) is 0 Å². The van der Waals surface area contributed by atoms with Crippen LogP contribution in [0.3, 0.4) is 0 Å². The molecule has 0 spiro atoms. The third kappa shape index (κ3) is 2.34. The maximum Gasteiger partial charge on any atom is 0.0596 e. The molecular weight excluding hydrogens is 284 g/mol. The summed E-state index contributed by atoms with van der Waals surface area (Å²) in [6, 6.07) is 0. The Balaban J connectivity index is 1.61. The number of aliphatic hydroxyl groups is 2. The monoisotopic (exact) mass is 320 g/mol. The average molecular weight is 321 g/mol. The topological polar surface area (TPSA) is 40.5 Å². The van der Waals surface area contributed by atoms with E-state index >= 15 is 0 Å². The van der Waals surface area contributed by atoms with Crippen LogP contribution in [0.25, 0.3) is 0 Å². The molecule has 4 saturated carbocycles. The van der Waals surface area contributed by atoms with Crippen LogP contribution >= 0.6 is 0 Å². The Morgan fingerprint density at radius 3 is 2.35 bits per heavy atom. The SMILES string of the molecule is CCCC12CCC3C(CCC4(C)C(O)CCC34)C1CCC(O)C2. The van der Waals surface area contributed by atoms with Gasteiger partial charge in [0.15, 0.2) is 0 Å². The largest absolute Gasteiger partial charge is 0.393 e. The Kier molecular flexibility index (Phi) is 4.08. The van der Waals surface area contributed by atoms with Gasteiger partial charge in [-0.1, -0.05) is 20.3 Å². The molecule has 0 bridgehead atoms. The van der Waals surface area contributed by atoms with Gasteiger partial charge in [0.2, 0.25) is 0 Å². The fourth-order valence-electron chi connectivity index (χ4n) is 7.93. The van der Waals surface area contributed by atoms with Gasteiger partial charge < -0.3 is 10.2 Å². The molecule has 0 heterocycles. The first-order chi connectivity index (χ1) is 11.0. The lowest BCUT2D eigenvalue weighted by Crippen LogP contribution is -2.54. The van der Waals surface area contributed by atoms with Crippen molar-refractivity contribution in [2.75, 3.05) is 0 Å². The van der Waals surface area contributed by atoms with Gasteiger partial charge in [-0.25, -0.2) is 0 Å². The summed E-state index contributed by atoms with van der Waals surface area (Å²) in [5.74, 6) is 3.36. The first-order valence-corrected chi connectivity index (χ1v) is 10.4. The Hall–Kier alpha value is -0.0800. The van der Waals surface area contributed by atoms with Crippen molar-refractivity contribution in [3.05, 3.63) is 0 Å². The van der Waals surface area contributed by atoms with E-state index in [0.717, 1.165) is 42.9 Å². The molecule has 4 fully saturated rings. The van der Waals surface area contributed by atoms with Crippen molar-refractivity contribution < 1.29 is 10.2 Å². The van der Waals surface area contributed by atoms with Gasteiger partial charge in [-0.2, -0.15) is 0 Å². The fourth-order valence-corrected chi connectivity index (χ4v) is 7.93. The summed E-state index contributed by atoms with van der Waals surface area (Å²) >= 11 is 0. The number of aliphatic hydroxyl groups excluding tert-OH is 2. The molecule has 4 aliphatic carbocycles. The van der Waals surface area contributed by atoms with Crippen LogP contribution in [0.1, 0.15) is 84.5 Å². The molecule has 0 aliphatic heterocycles. The number of rotatable bonds is 2. The maximum atomic E-state index is 10.5. The lowest BCUT2D eigenvalue weighted by Gasteiger charge is -2.60. The van der Waals surface area contributed by atoms with Crippen LogP contribution in [0.4, 0.5) is 0 Å². The van der Waals surface area contributed by atoms with Crippen molar-refractivity contribution >= 4 is 0 Å². The number of hydrogen-bond acceptors (Lipinski definition) is 2. The predicted molar refractivity (Wildman–Crippen MR) is 93.0 cm³/mol. The van der Waals surface area contributed by atoms with Gasteiger partial charge in [0.25, 0.3) is 0 Å². The first-order valence-electron chi connectivity index (χ1n) is 10.4. The van der Waals surface area contributed by atoms with Gasteiger partial charge in [-0.3, -0.25) is 0 Å². The Morgan fingerprint density at radius 2 is 1.57 bits per heavy atom. The standard InChI is InChI=1S/C21H36O2/c1-3-10-21-12-9-15-16(18(21)5-4-14(22)13-21)8-11-20(2)17(15)6-7-19(20)23/h14-19,22-23H,3-13H2,1-2H3. The second-order valence-corrected chi connectivity index (χ2v) is 9.76. The van der Waals surface area contributed by atoms with Crippen molar-refractivity contribution in [1.82, 2.24) is 0 Å². The molecule has 2 N–H and O–H groups in total. The van der Waals surface area contributed by atoms with E-state index in [4.69, 9.17) is 0 Å². The predicted octanol–water partition coefficient (Wildman–Crippen LogP) is 4.53. The van der Waals surface area contributed by atoms with Crippen molar-refractivity contribution in [2.45, 2.75) is 96.7 Å². The molecule has 2 heteroatoms. The third-order valence-corrected chi connectivity index (χ3v) is 8.92. The van der Waals surface area contributed by atoms with Gasteiger partial charge in [-0.15, -0.1) is 0 Å². The molecule has 132 valence electrons. The minimum Gasteiger partial charge on any atom is -0.393 e. The van der Waals surface area contributed by atoms with E-state index in [9.17, 15) is 10.2 Å². The van der Waals surface area contributed by atoms with Crippen LogP contribution in [-0.4, -0.2) is 22.4 Å². The summed E-state index contributed by atoms with van der Waals surface area (Å²) in [7, 11) is 0. The van der Waals surface area contributed by atoms with Crippen LogP contribution in [0.5, 0.6) is 0 Å². The minimum atomic E-state index is -0.0519. The van der Waals surface area contributed by atoms with Crippen molar-refractivity contribution in [2.24, 2.45) is 34.5 Å². The molecule has 0 amide bonds. The van der Waals surface area contributed by atoms with Gasteiger partial charge in [0.1, 0.15) is 0 Å². The van der Waals surface area contributed by atoms with Crippen molar-refractivity contribution in [3.8, 4) is 0 Å². The fraction of sp³-hybridized carbons (Fsp3) is 1.00. The summed E-state index contributed by atoms with van der Waals surface area (Å²) in [6.07, 6.45) is 13.4. The highest BCUT2D eigenvalue weighted by atomic mass is 16.3. The van der Waals surface area contributed by atoms with E-state index < -0.39 is 0 Å². The van der Waals surface area contributed by atoms with Gasteiger partial charge in [0.05, 0.1) is 12.2 Å². The highest BCUT2D eigenvalue weighted by Crippen LogP contribution is 2.66. The first kappa shape index (κ1) is 16.4. The molecule has 0 aromatic carbocycles. The molecule has 0 radical (unpaired) electrons. The molecule has 4 rings (SSSR count). The van der Waals surface area contributed by atoms with Gasteiger partial charge >= 0.3 is 0 Å². The van der Waals surface area contributed by atoms with E-state index in [1.165, 1.54) is 51.4 Å².